The number of methoxy groups -OCH3 is 2. The van der Waals surface area contributed by atoms with Crippen LogP contribution in [0, 0.1) is 11.8 Å². The Balaban J connectivity index is 1.70. The number of ether oxygens (including phenoxy) is 2. The van der Waals surface area contributed by atoms with Crippen LogP contribution in [0.15, 0.2) is 23.1 Å². The number of nitrogens with zero attached hydrogens (tertiary/aromatic N) is 2. The van der Waals surface area contributed by atoms with E-state index in [2.05, 4.69) is 0 Å². The summed E-state index contributed by atoms with van der Waals surface area (Å²) in [5.74, 6) is 0.736. The Morgan fingerprint density at radius 1 is 1.12 bits per heavy atom. The van der Waals surface area contributed by atoms with Crippen molar-refractivity contribution >= 4 is 25.8 Å². The molecule has 186 valence electrons. The summed E-state index contributed by atoms with van der Waals surface area (Å²) in [4.78, 5) is 15.2. The van der Waals surface area contributed by atoms with E-state index in [1.807, 2.05) is 13.8 Å². The van der Waals surface area contributed by atoms with Crippen molar-refractivity contribution in [1.82, 2.24) is 9.21 Å². The van der Waals surface area contributed by atoms with E-state index < -0.39 is 19.9 Å². The third kappa shape index (κ3) is 5.81. The number of hydrogen-bond donors (Lipinski definition) is 0. The highest BCUT2D eigenvalue weighted by Crippen LogP contribution is 2.32. The van der Waals surface area contributed by atoms with Crippen LogP contribution in [0.2, 0.25) is 0 Å². The molecule has 0 saturated carbocycles. The first-order valence-electron chi connectivity index (χ1n) is 11.2. The van der Waals surface area contributed by atoms with E-state index in [9.17, 15) is 21.6 Å². The minimum atomic E-state index is -3.75. The molecular weight excluding hydrogens is 468 g/mol. The number of carbonyl (C=O) groups is 1. The van der Waals surface area contributed by atoms with Crippen molar-refractivity contribution in [1.29, 1.82) is 0 Å². The maximum atomic E-state index is 13.3. The second-order valence-electron chi connectivity index (χ2n) is 9.14. The zero-order valence-corrected chi connectivity index (χ0v) is 21.3. The Labute approximate surface area is 197 Å². The molecule has 0 unspecified atom stereocenters. The van der Waals surface area contributed by atoms with E-state index in [-0.39, 0.29) is 53.3 Å². The summed E-state index contributed by atoms with van der Waals surface area (Å²) in [7, 11) is -3.92. The Kier molecular flexibility index (Phi) is 7.95. The Morgan fingerprint density at radius 2 is 1.76 bits per heavy atom. The Morgan fingerprint density at radius 3 is 2.27 bits per heavy atom. The van der Waals surface area contributed by atoms with Crippen LogP contribution in [0.5, 0.6) is 11.5 Å². The molecule has 1 atom stereocenters. The van der Waals surface area contributed by atoms with Crippen molar-refractivity contribution in [2.75, 3.05) is 45.4 Å². The fourth-order valence-corrected chi connectivity index (χ4v) is 7.75. The van der Waals surface area contributed by atoms with Crippen LogP contribution in [-0.2, 0) is 24.7 Å². The van der Waals surface area contributed by atoms with Gasteiger partial charge in [-0.1, -0.05) is 13.8 Å². The zero-order valence-electron chi connectivity index (χ0n) is 19.7. The van der Waals surface area contributed by atoms with Crippen molar-refractivity contribution in [2.24, 2.45) is 11.8 Å². The Hall–Kier alpha value is -1.85. The molecule has 0 bridgehead atoms. The summed E-state index contributed by atoms with van der Waals surface area (Å²) in [5.41, 5.74) is 0. The lowest BCUT2D eigenvalue weighted by molar-refractivity contribution is -0.139. The Bertz CT molecular complexity index is 1060. The summed E-state index contributed by atoms with van der Waals surface area (Å²) in [6, 6.07) is 4.19. The molecule has 0 spiro atoms. The molecule has 0 radical (unpaired) electrons. The van der Waals surface area contributed by atoms with Gasteiger partial charge in [0.2, 0.25) is 15.9 Å². The van der Waals surface area contributed by atoms with Gasteiger partial charge >= 0.3 is 0 Å². The quantitative estimate of drug-likeness (QED) is 0.533. The van der Waals surface area contributed by atoms with Gasteiger partial charge in [0.15, 0.2) is 21.3 Å². The minimum absolute atomic E-state index is 0.0119. The van der Waals surface area contributed by atoms with Crippen LogP contribution in [0.3, 0.4) is 0 Å². The SMILES string of the molecule is COc1ccc(S(=O)(=O)N2CCC(C(=O)N(CC(C)C)[C@@H]3CCS(=O)(=O)C3)CC2)cc1OC. The fourth-order valence-electron chi connectivity index (χ4n) is 4.54. The van der Waals surface area contributed by atoms with Gasteiger partial charge in [-0.15, -0.1) is 0 Å². The summed E-state index contributed by atoms with van der Waals surface area (Å²) >= 11 is 0. The molecule has 2 saturated heterocycles. The minimum Gasteiger partial charge on any atom is -0.493 e. The summed E-state index contributed by atoms with van der Waals surface area (Å²) in [5, 5.41) is 0. The molecule has 1 amide bonds. The van der Waals surface area contributed by atoms with Crippen LogP contribution in [0.4, 0.5) is 0 Å². The van der Waals surface area contributed by atoms with Gasteiger partial charge in [0.05, 0.1) is 30.6 Å². The molecule has 0 N–H and O–H groups in total. The number of sulfone groups is 1. The molecule has 11 heteroatoms. The van der Waals surface area contributed by atoms with Crippen LogP contribution in [-0.4, -0.2) is 83.3 Å². The van der Waals surface area contributed by atoms with Crippen LogP contribution in [0.25, 0.3) is 0 Å². The highest BCUT2D eigenvalue weighted by Gasteiger charge is 2.39. The molecule has 2 aliphatic heterocycles. The predicted octanol–water partition coefficient (Wildman–Crippen LogP) is 1.78. The van der Waals surface area contributed by atoms with Crippen molar-refractivity contribution < 1.29 is 31.1 Å². The number of rotatable bonds is 8. The van der Waals surface area contributed by atoms with Gasteiger partial charge in [0.25, 0.3) is 0 Å². The van der Waals surface area contributed by atoms with Crippen LogP contribution < -0.4 is 9.47 Å². The molecular formula is C22H34N2O7S2. The third-order valence-electron chi connectivity index (χ3n) is 6.29. The first-order chi connectivity index (χ1) is 15.5. The molecule has 1 aromatic carbocycles. The molecule has 2 heterocycles. The molecule has 0 aromatic heterocycles. The second-order valence-corrected chi connectivity index (χ2v) is 13.3. The molecule has 2 aliphatic rings. The van der Waals surface area contributed by atoms with Crippen molar-refractivity contribution in [3.8, 4) is 11.5 Å². The van der Waals surface area contributed by atoms with E-state index in [0.717, 1.165) is 0 Å². The van der Waals surface area contributed by atoms with Crippen molar-refractivity contribution in [3.05, 3.63) is 18.2 Å². The summed E-state index contributed by atoms with van der Waals surface area (Å²) in [6.45, 7) is 4.96. The molecule has 33 heavy (non-hydrogen) atoms. The lowest BCUT2D eigenvalue weighted by atomic mass is 9.95. The van der Waals surface area contributed by atoms with E-state index in [4.69, 9.17) is 9.47 Å². The topological polar surface area (TPSA) is 110 Å². The van der Waals surface area contributed by atoms with Gasteiger partial charge in [-0.25, -0.2) is 16.8 Å². The lowest BCUT2D eigenvalue weighted by Gasteiger charge is -2.36. The van der Waals surface area contributed by atoms with E-state index >= 15 is 0 Å². The standard InChI is InChI=1S/C22H34N2O7S2/c1-16(2)14-24(18-9-12-32(26,27)15-18)22(25)17-7-10-23(11-8-17)33(28,29)19-5-6-20(30-3)21(13-19)31-4/h5-6,13,16-18H,7-12,14-15H2,1-4H3/t18-/m1/s1. The number of hydrogen-bond acceptors (Lipinski definition) is 7. The van der Waals surface area contributed by atoms with Gasteiger partial charge in [-0.2, -0.15) is 4.31 Å². The number of piperidine rings is 1. The highest BCUT2D eigenvalue weighted by molar-refractivity contribution is 7.91. The molecule has 2 fully saturated rings. The van der Waals surface area contributed by atoms with E-state index in [1.54, 1.807) is 11.0 Å². The maximum Gasteiger partial charge on any atom is 0.243 e. The van der Waals surface area contributed by atoms with Crippen LogP contribution in [0.1, 0.15) is 33.1 Å². The predicted molar refractivity (Wildman–Crippen MR) is 125 cm³/mol. The molecule has 0 aliphatic carbocycles. The average molecular weight is 503 g/mol. The number of amides is 1. The number of benzene rings is 1. The smallest absolute Gasteiger partial charge is 0.243 e. The average Bonchev–Trinajstić information content (AvgIpc) is 3.15. The zero-order chi connectivity index (χ0) is 24.4. The fraction of sp³-hybridized carbons (Fsp3) is 0.682. The van der Waals surface area contributed by atoms with E-state index in [0.29, 0.717) is 37.3 Å². The summed E-state index contributed by atoms with van der Waals surface area (Å²) < 4.78 is 62.1. The second kappa shape index (κ2) is 10.2. The van der Waals surface area contributed by atoms with Crippen LogP contribution >= 0.6 is 0 Å². The monoisotopic (exact) mass is 502 g/mol. The first kappa shape index (κ1) is 25.8. The van der Waals surface area contributed by atoms with Gasteiger partial charge in [-0.3, -0.25) is 4.79 Å². The normalized spacial score (nSPS) is 21.8. The first-order valence-corrected chi connectivity index (χ1v) is 14.5. The highest BCUT2D eigenvalue weighted by atomic mass is 32.2. The summed E-state index contributed by atoms with van der Waals surface area (Å²) in [6.07, 6.45) is 1.27. The molecule has 1 aromatic rings. The third-order valence-corrected chi connectivity index (χ3v) is 9.94. The van der Waals surface area contributed by atoms with Gasteiger partial charge in [0, 0.05) is 37.7 Å². The van der Waals surface area contributed by atoms with Crippen molar-refractivity contribution in [2.45, 2.75) is 44.0 Å². The van der Waals surface area contributed by atoms with E-state index in [1.165, 1.54) is 30.7 Å². The number of carbonyl (C=O) groups excluding carboxylic acids is 1. The number of sulfonamides is 1. The lowest BCUT2D eigenvalue weighted by Crippen LogP contribution is -2.49. The maximum absolute atomic E-state index is 13.3. The molecule has 9 nitrogen and oxygen atoms in total. The molecule has 3 rings (SSSR count). The largest absolute Gasteiger partial charge is 0.493 e. The van der Waals surface area contributed by atoms with Gasteiger partial charge in [-0.05, 0) is 37.3 Å². The van der Waals surface area contributed by atoms with Gasteiger partial charge in [0.1, 0.15) is 0 Å². The van der Waals surface area contributed by atoms with Crippen molar-refractivity contribution in [3.63, 3.8) is 0 Å². The van der Waals surface area contributed by atoms with Gasteiger partial charge < -0.3 is 14.4 Å².